The number of nitrogens with zero attached hydrogens (tertiary/aromatic N) is 4. The summed E-state index contributed by atoms with van der Waals surface area (Å²) >= 11 is 6.23. The van der Waals surface area contributed by atoms with Crippen molar-refractivity contribution in [3.63, 3.8) is 0 Å². The zero-order chi connectivity index (χ0) is 18.9. The molecule has 1 aromatic carbocycles. The van der Waals surface area contributed by atoms with Gasteiger partial charge in [0.05, 0.1) is 17.3 Å². The molecule has 1 aliphatic carbocycles. The van der Waals surface area contributed by atoms with E-state index in [1.54, 1.807) is 18.2 Å². The molecule has 0 bridgehead atoms. The number of aliphatic hydroxyl groups is 1. The first-order chi connectivity index (χ1) is 12.3. The molecule has 1 aliphatic rings. The highest BCUT2D eigenvalue weighted by Gasteiger charge is 2.31. The maximum absolute atomic E-state index is 11.9. The van der Waals surface area contributed by atoms with Crippen molar-refractivity contribution in [2.45, 2.75) is 31.3 Å². The average Bonchev–Trinajstić information content (AvgIpc) is 3.32. The number of benzene rings is 1. The Morgan fingerprint density at radius 2 is 2.15 bits per heavy atom. The van der Waals surface area contributed by atoms with Crippen LogP contribution in [0.3, 0.4) is 0 Å². The van der Waals surface area contributed by atoms with Gasteiger partial charge in [0.2, 0.25) is 0 Å². The van der Waals surface area contributed by atoms with Crippen LogP contribution in [-0.4, -0.2) is 54.6 Å². The van der Waals surface area contributed by atoms with E-state index in [4.69, 9.17) is 16.7 Å². The van der Waals surface area contributed by atoms with Gasteiger partial charge in [0.1, 0.15) is 0 Å². The minimum atomic E-state index is -2.06. The standard InChI is InChI=1S/C15H17ClN6O4/c1-15(26,13(23)24)7-17-14(25)18-9-4-5-10(16)11(6-9)22-12(8-2-3-8)19-20-21-22/h4-6,8,26H,2-3,7H2,1H3,(H,23,24)(H2,17,18,25). The Hall–Kier alpha value is -2.72. The fourth-order valence-corrected chi connectivity index (χ4v) is 2.42. The van der Waals surface area contributed by atoms with Crippen LogP contribution in [0.25, 0.3) is 5.69 Å². The molecule has 2 aromatic rings. The van der Waals surface area contributed by atoms with Gasteiger partial charge in [0.15, 0.2) is 11.4 Å². The predicted octanol–water partition coefficient (Wildman–Crippen LogP) is 1.15. The molecular weight excluding hydrogens is 364 g/mol. The van der Waals surface area contributed by atoms with Crippen LogP contribution in [0.2, 0.25) is 5.02 Å². The Morgan fingerprint density at radius 3 is 2.81 bits per heavy atom. The molecule has 1 aromatic heterocycles. The lowest BCUT2D eigenvalue weighted by Gasteiger charge is -2.18. The lowest BCUT2D eigenvalue weighted by atomic mass is 10.1. The molecule has 0 aliphatic heterocycles. The van der Waals surface area contributed by atoms with E-state index in [9.17, 15) is 14.7 Å². The third-order valence-corrected chi connectivity index (χ3v) is 4.24. The average molecular weight is 381 g/mol. The van der Waals surface area contributed by atoms with E-state index in [-0.39, 0.29) is 0 Å². The zero-order valence-corrected chi connectivity index (χ0v) is 14.6. The molecule has 10 nitrogen and oxygen atoms in total. The lowest BCUT2D eigenvalue weighted by Crippen LogP contribution is -2.47. The Balaban J connectivity index is 1.72. The maximum Gasteiger partial charge on any atom is 0.337 e. The summed E-state index contributed by atoms with van der Waals surface area (Å²) < 4.78 is 1.54. The third-order valence-electron chi connectivity index (χ3n) is 3.92. The summed E-state index contributed by atoms with van der Waals surface area (Å²) in [4.78, 5) is 22.8. The number of halogens is 1. The molecule has 0 spiro atoms. The number of aromatic nitrogens is 4. The van der Waals surface area contributed by atoms with Gasteiger partial charge in [-0.15, -0.1) is 5.10 Å². The fourth-order valence-electron chi connectivity index (χ4n) is 2.22. The number of nitrogens with one attached hydrogen (secondary N) is 2. The molecule has 138 valence electrons. The van der Waals surface area contributed by atoms with Crippen LogP contribution in [0.15, 0.2) is 18.2 Å². The Bertz CT molecular complexity index is 848. The van der Waals surface area contributed by atoms with E-state index in [0.717, 1.165) is 19.8 Å². The number of carboxylic acid groups (broad SMARTS) is 1. The Labute approximate surface area is 153 Å². The van der Waals surface area contributed by atoms with Gasteiger partial charge in [-0.2, -0.15) is 4.68 Å². The third kappa shape index (κ3) is 3.92. The van der Waals surface area contributed by atoms with Crippen LogP contribution in [-0.2, 0) is 4.79 Å². The smallest absolute Gasteiger partial charge is 0.337 e. The number of hydrogen-bond donors (Lipinski definition) is 4. The summed E-state index contributed by atoms with van der Waals surface area (Å²) in [5.74, 6) is -0.414. The van der Waals surface area contributed by atoms with Crippen LogP contribution < -0.4 is 10.6 Å². The van der Waals surface area contributed by atoms with Gasteiger partial charge in [0.25, 0.3) is 0 Å². The van der Waals surface area contributed by atoms with Crippen molar-refractivity contribution in [2.75, 3.05) is 11.9 Å². The van der Waals surface area contributed by atoms with Gasteiger partial charge < -0.3 is 20.8 Å². The molecule has 1 atom stereocenters. The molecule has 2 amide bonds. The highest BCUT2D eigenvalue weighted by atomic mass is 35.5. The van der Waals surface area contributed by atoms with Gasteiger partial charge in [-0.1, -0.05) is 11.6 Å². The van der Waals surface area contributed by atoms with E-state index in [1.165, 1.54) is 4.68 Å². The van der Waals surface area contributed by atoms with Crippen LogP contribution in [0, 0.1) is 0 Å². The number of tetrazole rings is 1. The minimum absolute atomic E-state index is 0.305. The van der Waals surface area contributed by atoms with Crippen LogP contribution in [0.1, 0.15) is 31.5 Å². The van der Waals surface area contributed by atoms with Crippen LogP contribution >= 0.6 is 11.6 Å². The van der Waals surface area contributed by atoms with Gasteiger partial charge in [-0.3, -0.25) is 0 Å². The molecule has 3 rings (SSSR count). The van der Waals surface area contributed by atoms with Crippen molar-refractivity contribution in [1.29, 1.82) is 0 Å². The molecular formula is C15H17ClN6O4. The molecule has 1 unspecified atom stereocenters. The van der Waals surface area contributed by atoms with Crippen LogP contribution in [0.4, 0.5) is 10.5 Å². The minimum Gasteiger partial charge on any atom is -0.479 e. The predicted molar refractivity (Wildman–Crippen MR) is 91.4 cm³/mol. The van der Waals surface area contributed by atoms with E-state index in [2.05, 4.69) is 26.2 Å². The summed E-state index contributed by atoms with van der Waals surface area (Å²) in [6.45, 7) is 0.639. The number of carbonyl (C=O) groups excluding carboxylic acids is 1. The second kappa shape index (κ2) is 6.89. The topological polar surface area (TPSA) is 142 Å². The van der Waals surface area contributed by atoms with Crippen molar-refractivity contribution in [3.05, 3.63) is 29.0 Å². The van der Waals surface area contributed by atoms with Crippen LogP contribution in [0.5, 0.6) is 0 Å². The molecule has 26 heavy (non-hydrogen) atoms. The second-order valence-corrected chi connectivity index (χ2v) is 6.68. The van der Waals surface area contributed by atoms with Crippen molar-refractivity contribution >= 4 is 29.3 Å². The first kappa shape index (κ1) is 18.1. The number of carbonyl (C=O) groups is 2. The fraction of sp³-hybridized carbons (Fsp3) is 0.400. The zero-order valence-electron chi connectivity index (χ0n) is 13.8. The molecule has 1 heterocycles. The van der Waals surface area contributed by atoms with E-state index < -0.39 is 24.1 Å². The van der Waals surface area contributed by atoms with Crippen molar-refractivity contribution in [1.82, 2.24) is 25.5 Å². The van der Waals surface area contributed by atoms with Crippen molar-refractivity contribution in [2.24, 2.45) is 0 Å². The summed E-state index contributed by atoms with van der Waals surface area (Å²) in [5.41, 5.74) is -1.13. The number of urea groups is 1. The van der Waals surface area contributed by atoms with Gasteiger partial charge in [-0.05, 0) is 48.4 Å². The number of hydrogen-bond acceptors (Lipinski definition) is 6. The quantitative estimate of drug-likeness (QED) is 0.588. The number of aliphatic carboxylic acids is 1. The first-order valence-electron chi connectivity index (χ1n) is 7.87. The first-order valence-corrected chi connectivity index (χ1v) is 8.24. The normalized spacial score (nSPS) is 16.0. The molecule has 11 heteroatoms. The number of rotatable bonds is 6. The van der Waals surface area contributed by atoms with E-state index in [1.807, 2.05) is 0 Å². The lowest BCUT2D eigenvalue weighted by molar-refractivity contribution is -0.155. The van der Waals surface area contributed by atoms with Crippen molar-refractivity contribution in [3.8, 4) is 5.69 Å². The molecule has 0 radical (unpaired) electrons. The SMILES string of the molecule is CC(O)(CNC(=O)Nc1ccc(Cl)c(-n2nnnc2C2CC2)c1)C(=O)O. The molecule has 1 saturated carbocycles. The van der Waals surface area contributed by atoms with E-state index in [0.29, 0.717) is 28.1 Å². The maximum atomic E-state index is 11.9. The summed E-state index contributed by atoms with van der Waals surface area (Å²) in [6.07, 6.45) is 2.03. The molecule has 0 saturated heterocycles. The van der Waals surface area contributed by atoms with E-state index >= 15 is 0 Å². The highest BCUT2D eigenvalue weighted by Crippen LogP contribution is 2.39. The summed E-state index contributed by atoms with van der Waals surface area (Å²) in [5, 5.41) is 35.4. The number of anilines is 1. The highest BCUT2D eigenvalue weighted by molar-refractivity contribution is 6.32. The van der Waals surface area contributed by atoms with Gasteiger partial charge >= 0.3 is 12.0 Å². The summed E-state index contributed by atoms with van der Waals surface area (Å²) in [7, 11) is 0. The number of carboxylic acids is 1. The Kier molecular flexibility index (Phi) is 4.79. The Morgan fingerprint density at radius 1 is 1.42 bits per heavy atom. The monoisotopic (exact) mass is 380 g/mol. The largest absolute Gasteiger partial charge is 0.479 e. The summed E-state index contributed by atoms with van der Waals surface area (Å²) in [6, 6.07) is 4.12. The van der Waals surface area contributed by atoms with Crippen molar-refractivity contribution < 1.29 is 19.8 Å². The number of amides is 2. The second-order valence-electron chi connectivity index (χ2n) is 6.28. The molecule has 1 fully saturated rings. The van der Waals surface area contributed by atoms with Gasteiger partial charge in [0, 0.05) is 11.6 Å². The van der Waals surface area contributed by atoms with Gasteiger partial charge in [-0.25, -0.2) is 9.59 Å². The molecule has 4 N–H and O–H groups in total.